The van der Waals surface area contributed by atoms with E-state index in [2.05, 4.69) is 10.1 Å². The lowest BCUT2D eigenvalue weighted by Crippen LogP contribution is -2.43. The smallest absolute Gasteiger partial charge is 0.351 e. The van der Waals surface area contributed by atoms with Gasteiger partial charge in [0.05, 0.1) is 19.9 Å². The molecule has 0 bridgehead atoms. The van der Waals surface area contributed by atoms with Gasteiger partial charge in [-0.05, 0) is 44.2 Å². The zero-order valence-corrected chi connectivity index (χ0v) is 23.2. The Hall–Kier alpha value is -3.25. The van der Waals surface area contributed by atoms with Gasteiger partial charge in [0.25, 0.3) is 6.43 Å². The molecule has 3 unspecified atom stereocenters. The van der Waals surface area contributed by atoms with Crippen molar-refractivity contribution in [1.82, 2.24) is 14.6 Å². The number of hydrogen-bond donors (Lipinski definition) is 2. The molecule has 40 heavy (non-hydrogen) atoms. The highest BCUT2D eigenvalue weighted by molar-refractivity contribution is 7.45. The summed E-state index contributed by atoms with van der Waals surface area (Å²) >= 11 is 0. The molecule has 0 spiro atoms. The van der Waals surface area contributed by atoms with Crippen molar-refractivity contribution in [2.45, 2.75) is 51.0 Å². The van der Waals surface area contributed by atoms with Crippen LogP contribution in [0.2, 0.25) is 0 Å². The molecule has 2 heterocycles. The molecule has 3 aromatic rings. The number of nitrogens with two attached hydrogens (primary N) is 1. The van der Waals surface area contributed by atoms with Gasteiger partial charge in [-0.25, -0.2) is 18.7 Å². The molecule has 1 aliphatic rings. The van der Waals surface area contributed by atoms with Crippen molar-refractivity contribution < 1.29 is 36.5 Å². The number of nitrogen functional groups attached to an aromatic ring is 1. The van der Waals surface area contributed by atoms with Crippen LogP contribution in [0.15, 0.2) is 59.5 Å². The first kappa shape index (κ1) is 31.3. The van der Waals surface area contributed by atoms with Gasteiger partial charge in [-0.15, -0.1) is 0 Å². The van der Waals surface area contributed by atoms with Crippen LogP contribution in [0, 0.1) is 0 Å². The molecule has 0 aliphatic carbocycles. The largest absolute Gasteiger partial charge is 0.462 e. The topological polar surface area (TPSA) is 127 Å². The van der Waals surface area contributed by atoms with Crippen LogP contribution in [0.1, 0.15) is 32.9 Å². The summed E-state index contributed by atoms with van der Waals surface area (Å²) < 4.78 is 62.0. The number of nitrogens with zero attached hydrogens (tertiary/aromatic N) is 2. The molecule has 4 rings (SSSR count). The maximum Gasteiger partial charge on any atom is 0.351 e. The van der Waals surface area contributed by atoms with Crippen molar-refractivity contribution in [1.29, 1.82) is 0 Å². The first-order valence-electron chi connectivity index (χ1n) is 12.4. The molecule has 1 aromatic heterocycles. The maximum atomic E-state index is 14.3. The Kier molecular flexibility index (Phi) is 11.3. The van der Waals surface area contributed by atoms with Crippen LogP contribution in [-0.2, 0) is 18.8 Å². The van der Waals surface area contributed by atoms with Crippen molar-refractivity contribution >= 4 is 31.1 Å². The number of ether oxygens (including phenoxy) is 2. The van der Waals surface area contributed by atoms with Gasteiger partial charge < -0.3 is 24.3 Å². The summed E-state index contributed by atoms with van der Waals surface area (Å²) in [6, 6.07) is 14.3. The maximum absolute atomic E-state index is 14.3. The summed E-state index contributed by atoms with van der Waals surface area (Å²) in [5, 5.41) is 4.54. The van der Waals surface area contributed by atoms with E-state index in [1.807, 2.05) is 30.3 Å². The number of esters is 1. The first-order valence-corrected chi connectivity index (χ1v) is 13.5. The van der Waals surface area contributed by atoms with Crippen molar-refractivity contribution in [3.05, 3.63) is 65.2 Å². The number of nitrogens with one attached hydrogen (secondary N) is 1. The molecule has 14 heteroatoms. The molecular weight excluding hydrogens is 552 g/mol. The summed E-state index contributed by atoms with van der Waals surface area (Å²) in [6.07, 6.45) is -2.81. The molecule has 10 nitrogen and oxygen atoms in total. The first-order chi connectivity index (χ1) is 19.2. The van der Waals surface area contributed by atoms with Gasteiger partial charge in [-0.3, -0.25) is 13.8 Å². The van der Waals surface area contributed by atoms with E-state index in [-0.39, 0.29) is 31.3 Å². The van der Waals surface area contributed by atoms with Crippen molar-refractivity contribution in [2.75, 3.05) is 26.1 Å². The number of anilines is 1. The molecule has 218 valence electrons. The third-order valence-electron chi connectivity index (χ3n) is 5.82. The van der Waals surface area contributed by atoms with Gasteiger partial charge in [0, 0.05) is 11.6 Å². The number of benzene rings is 2. The van der Waals surface area contributed by atoms with Crippen molar-refractivity contribution in [3.8, 4) is 5.75 Å². The summed E-state index contributed by atoms with van der Waals surface area (Å²) in [4.78, 5) is 28.0. The Bertz CT molecular complexity index is 1330. The van der Waals surface area contributed by atoms with Gasteiger partial charge in [-0.2, -0.15) is 4.98 Å². The molecule has 0 saturated carbocycles. The van der Waals surface area contributed by atoms with Gasteiger partial charge >= 0.3 is 20.2 Å². The van der Waals surface area contributed by atoms with Crippen LogP contribution in [0.25, 0.3) is 10.8 Å². The van der Waals surface area contributed by atoms with Crippen molar-refractivity contribution in [2.24, 2.45) is 0 Å². The number of aromatic nitrogens is 2. The van der Waals surface area contributed by atoms with Crippen LogP contribution in [-0.4, -0.2) is 54.0 Å². The van der Waals surface area contributed by atoms with E-state index in [4.69, 9.17) is 24.3 Å². The van der Waals surface area contributed by atoms with E-state index in [0.29, 0.717) is 12.9 Å². The second kappa shape index (κ2) is 14.4. The predicted octanol–water partition coefficient (Wildman–Crippen LogP) is 4.74. The minimum absolute atomic E-state index is 0.0194. The number of carbonyl (C=O) groups is 1. The van der Waals surface area contributed by atoms with Gasteiger partial charge in [0.2, 0.25) is 0 Å². The van der Waals surface area contributed by atoms with Crippen LogP contribution in [0.4, 0.5) is 19.0 Å². The number of fused-ring (bicyclic) bond motifs is 1. The van der Waals surface area contributed by atoms with Gasteiger partial charge in [-0.1, -0.05) is 36.4 Å². The van der Waals surface area contributed by atoms with E-state index < -0.39 is 45.0 Å². The minimum atomic E-state index is -2.93. The van der Waals surface area contributed by atoms with E-state index in [9.17, 15) is 22.8 Å². The van der Waals surface area contributed by atoms with Crippen LogP contribution < -0.4 is 21.0 Å². The molecular formula is C26H32F3N4O6P. The average molecular weight is 585 g/mol. The highest BCUT2D eigenvalue weighted by Crippen LogP contribution is 2.45. The number of carbonyl (C=O) groups excluding carboxylic acids is 1. The SMILES string of the molecule is CC(C)OC(=O)CNP(OCC1(C(F)F)CCC(n2ccc(N)nc2=O)O1)Oc1cccc2ccccc12.CF. The van der Waals surface area contributed by atoms with Crippen LogP contribution >= 0.6 is 8.53 Å². The lowest BCUT2D eigenvalue weighted by Gasteiger charge is -2.30. The monoisotopic (exact) mass is 584 g/mol. The van der Waals surface area contributed by atoms with Gasteiger partial charge in [0.15, 0.2) is 5.60 Å². The van der Waals surface area contributed by atoms with E-state index in [0.717, 1.165) is 15.3 Å². The highest BCUT2D eigenvalue weighted by Gasteiger charge is 2.49. The standard InChI is InChI=1S/C25H29F2N4O6P.CH3F/c1-16(2)35-22(32)14-29-38(37-19-9-5-7-17-6-3-4-8-18(17)19)34-15-25(23(26)27)12-10-21(36-25)31-13-11-20(28)30-24(31)33;1-2/h3-9,11,13,16,21,23,29H,10,12,14-15H2,1-2H3,(H2,28,30,33);1H3. The zero-order valence-electron chi connectivity index (χ0n) is 22.3. The normalized spacial score (nSPS) is 19.4. The molecule has 1 fully saturated rings. The molecule has 0 radical (unpaired) electrons. The van der Waals surface area contributed by atoms with Gasteiger partial charge in [0.1, 0.15) is 24.3 Å². The number of hydrogen-bond acceptors (Lipinski definition) is 9. The third-order valence-corrected chi connectivity index (χ3v) is 6.96. The Balaban J connectivity index is 0.00000216. The Morgan fingerprint density at radius 2 is 1.95 bits per heavy atom. The van der Waals surface area contributed by atoms with E-state index in [1.54, 1.807) is 26.0 Å². The fourth-order valence-electron chi connectivity index (χ4n) is 4.00. The highest BCUT2D eigenvalue weighted by atomic mass is 31.2. The fraction of sp³-hybridized carbons (Fsp3) is 0.423. The molecule has 3 atom stereocenters. The summed E-state index contributed by atoms with van der Waals surface area (Å²) in [5.74, 6) is -0.0747. The average Bonchev–Trinajstić information content (AvgIpc) is 3.36. The summed E-state index contributed by atoms with van der Waals surface area (Å²) in [6.45, 7) is 2.62. The number of halogens is 3. The molecule has 2 aromatic carbocycles. The minimum Gasteiger partial charge on any atom is -0.462 e. The second-order valence-corrected chi connectivity index (χ2v) is 10.3. The van der Waals surface area contributed by atoms with Crippen LogP contribution in [0.3, 0.4) is 0 Å². The summed E-state index contributed by atoms with van der Waals surface area (Å²) in [5.41, 5.74) is 2.82. The Labute approximate surface area is 230 Å². The lowest BCUT2D eigenvalue weighted by atomic mass is 10.0. The quantitative estimate of drug-likeness (QED) is 0.243. The number of rotatable bonds is 11. The molecule has 1 aliphatic heterocycles. The molecule has 0 amide bonds. The van der Waals surface area contributed by atoms with E-state index >= 15 is 0 Å². The Morgan fingerprint density at radius 1 is 1.23 bits per heavy atom. The lowest BCUT2D eigenvalue weighted by molar-refractivity contribution is -0.165. The number of alkyl halides is 3. The summed E-state index contributed by atoms with van der Waals surface area (Å²) in [7, 11) is -1.58. The van der Waals surface area contributed by atoms with Crippen LogP contribution in [0.5, 0.6) is 5.75 Å². The van der Waals surface area contributed by atoms with E-state index in [1.165, 1.54) is 12.3 Å². The molecule has 3 N–H and O–H groups in total. The third kappa shape index (κ3) is 7.91. The van der Waals surface area contributed by atoms with Crippen molar-refractivity contribution in [3.63, 3.8) is 0 Å². The second-order valence-electron chi connectivity index (χ2n) is 8.99. The predicted molar refractivity (Wildman–Crippen MR) is 145 cm³/mol. The fourth-order valence-corrected chi connectivity index (χ4v) is 5.14. The zero-order chi connectivity index (χ0) is 29.3. The molecule has 1 saturated heterocycles. The Morgan fingerprint density at radius 3 is 2.65 bits per heavy atom.